The highest BCUT2D eigenvalue weighted by atomic mass is 32.2. The lowest BCUT2D eigenvalue weighted by Crippen LogP contribution is -2.28. The zero-order valence-corrected chi connectivity index (χ0v) is 16.9. The van der Waals surface area contributed by atoms with Gasteiger partial charge in [-0.15, -0.1) is 0 Å². The van der Waals surface area contributed by atoms with Gasteiger partial charge < -0.3 is 14.2 Å². The van der Waals surface area contributed by atoms with E-state index in [-0.39, 0.29) is 10.9 Å². The average Bonchev–Trinajstić information content (AvgIpc) is 3.15. The third-order valence-corrected chi connectivity index (χ3v) is 5.89. The van der Waals surface area contributed by atoms with Crippen molar-refractivity contribution >= 4 is 10.0 Å². The zero-order valence-electron chi connectivity index (χ0n) is 16.1. The minimum Gasteiger partial charge on any atom is -0.497 e. The third-order valence-electron chi connectivity index (χ3n) is 4.96. The first-order valence-corrected chi connectivity index (χ1v) is 10.7. The Balaban J connectivity index is 1.61. The summed E-state index contributed by atoms with van der Waals surface area (Å²) in [4.78, 5) is 2.45. The minimum atomic E-state index is -3.69. The Labute approximate surface area is 166 Å². The maximum absolute atomic E-state index is 11.3. The molecule has 1 saturated heterocycles. The van der Waals surface area contributed by atoms with Gasteiger partial charge in [-0.25, -0.2) is 13.6 Å². The minimum absolute atomic E-state index is 0.0751. The summed E-state index contributed by atoms with van der Waals surface area (Å²) in [6, 6.07) is 12.3. The van der Waals surface area contributed by atoms with Gasteiger partial charge in [-0.1, -0.05) is 6.07 Å². The van der Waals surface area contributed by atoms with E-state index in [1.807, 2.05) is 12.1 Å². The molecule has 3 rings (SSSR count). The molecule has 0 amide bonds. The Kier molecular flexibility index (Phi) is 6.43. The summed E-state index contributed by atoms with van der Waals surface area (Å²) < 4.78 is 39.2. The Morgan fingerprint density at radius 1 is 1.07 bits per heavy atom. The van der Waals surface area contributed by atoms with Crippen molar-refractivity contribution in [2.75, 3.05) is 33.9 Å². The molecule has 2 N–H and O–H groups in total. The first kappa shape index (κ1) is 20.4. The Morgan fingerprint density at radius 2 is 1.79 bits per heavy atom. The number of nitrogens with two attached hydrogens (primary N) is 1. The summed E-state index contributed by atoms with van der Waals surface area (Å²) in [5.41, 5.74) is 1.15. The number of likely N-dealkylation sites (tertiary alicyclic amines) is 1. The van der Waals surface area contributed by atoms with Crippen LogP contribution in [0.4, 0.5) is 0 Å². The normalized spacial score (nSPS) is 17.5. The van der Waals surface area contributed by atoms with E-state index in [4.69, 9.17) is 19.3 Å². The number of nitrogens with zero attached hydrogens (tertiary/aromatic N) is 1. The highest BCUT2D eigenvalue weighted by molar-refractivity contribution is 7.89. The largest absolute Gasteiger partial charge is 0.497 e. The van der Waals surface area contributed by atoms with Crippen molar-refractivity contribution in [3.8, 4) is 17.2 Å². The van der Waals surface area contributed by atoms with E-state index in [2.05, 4.69) is 11.0 Å². The molecule has 0 bridgehead atoms. The molecular formula is C20H26N2O5S. The summed E-state index contributed by atoms with van der Waals surface area (Å²) in [6.07, 6.45) is 2.18. The smallest absolute Gasteiger partial charge is 0.238 e. The number of benzene rings is 2. The summed E-state index contributed by atoms with van der Waals surface area (Å²) >= 11 is 0. The molecule has 2 aromatic rings. The standard InChI is InChI=1S/C20H26N2O5S/c1-25-16-7-10-18(20(14-16)26-2)19-4-3-11-22(19)12-13-27-15-5-8-17(9-6-15)28(21,23)24/h5-10,14,19H,3-4,11-13H2,1-2H3,(H2,21,23,24). The maximum Gasteiger partial charge on any atom is 0.238 e. The van der Waals surface area contributed by atoms with Gasteiger partial charge in [-0.2, -0.15) is 0 Å². The predicted molar refractivity (Wildman–Crippen MR) is 106 cm³/mol. The summed E-state index contributed by atoms with van der Waals surface area (Å²) in [5.74, 6) is 2.22. The van der Waals surface area contributed by atoms with Crippen molar-refractivity contribution in [1.82, 2.24) is 4.90 Å². The second-order valence-electron chi connectivity index (χ2n) is 6.67. The van der Waals surface area contributed by atoms with Gasteiger partial charge in [0, 0.05) is 24.2 Å². The number of primary sulfonamides is 1. The molecule has 0 radical (unpaired) electrons. The van der Waals surface area contributed by atoms with Crippen molar-refractivity contribution in [2.45, 2.75) is 23.8 Å². The fourth-order valence-corrected chi connectivity index (χ4v) is 4.06. The number of methoxy groups -OCH3 is 2. The number of hydrogen-bond donors (Lipinski definition) is 1. The molecule has 0 aromatic heterocycles. The van der Waals surface area contributed by atoms with Crippen LogP contribution in [-0.2, 0) is 10.0 Å². The van der Waals surface area contributed by atoms with E-state index >= 15 is 0 Å². The fourth-order valence-electron chi connectivity index (χ4n) is 3.55. The van der Waals surface area contributed by atoms with E-state index in [9.17, 15) is 8.42 Å². The first-order valence-electron chi connectivity index (χ1n) is 9.14. The lowest BCUT2D eigenvalue weighted by molar-refractivity contribution is 0.195. The van der Waals surface area contributed by atoms with Crippen LogP contribution in [0, 0.1) is 0 Å². The molecule has 1 heterocycles. The zero-order chi connectivity index (χ0) is 20.1. The Hall–Kier alpha value is -2.29. The van der Waals surface area contributed by atoms with E-state index in [0.717, 1.165) is 43.0 Å². The second-order valence-corrected chi connectivity index (χ2v) is 8.23. The topological polar surface area (TPSA) is 91.1 Å². The Morgan fingerprint density at radius 3 is 2.43 bits per heavy atom. The first-order chi connectivity index (χ1) is 13.4. The molecule has 2 aromatic carbocycles. The average molecular weight is 407 g/mol. The number of sulfonamides is 1. The lowest BCUT2D eigenvalue weighted by Gasteiger charge is -2.26. The SMILES string of the molecule is COc1ccc(C2CCCN2CCOc2ccc(S(N)(=O)=O)cc2)c(OC)c1. The summed E-state index contributed by atoms with van der Waals surface area (Å²) in [7, 11) is -0.373. The van der Waals surface area contributed by atoms with Gasteiger partial charge in [-0.05, 0) is 49.7 Å². The van der Waals surface area contributed by atoms with Crippen LogP contribution in [0.2, 0.25) is 0 Å². The van der Waals surface area contributed by atoms with E-state index in [1.165, 1.54) is 12.1 Å². The van der Waals surface area contributed by atoms with Crippen LogP contribution in [0.15, 0.2) is 47.4 Å². The van der Waals surface area contributed by atoms with Crippen LogP contribution in [0.25, 0.3) is 0 Å². The van der Waals surface area contributed by atoms with Gasteiger partial charge in [0.1, 0.15) is 23.9 Å². The maximum atomic E-state index is 11.3. The van der Waals surface area contributed by atoms with Crippen LogP contribution in [-0.4, -0.2) is 47.2 Å². The molecule has 152 valence electrons. The van der Waals surface area contributed by atoms with Crippen LogP contribution >= 0.6 is 0 Å². The van der Waals surface area contributed by atoms with E-state index < -0.39 is 10.0 Å². The molecule has 1 aliphatic rings. The van der Waals surface area contributed by atoms with E-state index in [1.54, 1.807) is 26.4 Å². The van der Waals surface area contributed by atoms with Crippen LogP contribution in [0.1, 0.15) is 24.4 Å². The predicted octanol–water partition coefficient (Wildman–Crippen LogP) is 2.57. The van der Waals surface area contributed by atoms with Gasteiger partial charge in [0.25, 0.3) is 0 Å². The molecule has 1 unspecified atom stereocenters. The second kappa shape index (κ2) is 8.81. The van der Waals surface area contributed by atoms with Crippen molar-refractivity contribution in [2.24, 2.45) is 5.14 Å². The molecule has 1 fully saturated rings. The number of rotatable bonds is 8. The monoisotopic (exact) mass is 406 g/mol. The number of ether oxygens (including phenoxy) is 3. The van der Waals surface area contributed by atoms with Gasteiger partial charge in [-0.3, -0.25) is 4.90 Å². The number of hydrogen-bond acceptors (Lipinski definition) is 6. The summed E-state index contributed by atoms with van der Waals surface area (Å²) in [5, 5.41) is 5.11. The van der Waals surface area contributed by atoms with Crippen molar-refractivity contribution in [3.05, 3.63) is 48.0 Å². The van der Waals surface area contributed by atoms with Crippen LogP contribution in [0.5, 0.6) is 17.2 Å². The van der Waals surface area contributed by atoms with Crippen LogP contribution in [0.3, 0.4) is 0 Å². The highest BCUT2D eigenvalue weighted by Crippen LogP contribution is 2.38. The lowest BCUT2D eigenvalue weighted by atomic mass is 10.0. The molecule has 0 spiro atoms. The van der Waals surface area contributed by atoms with Crippen molar-refractivity contribution in [1.29, 1.82) is 0 Å². The van der Waals surface area contributed by atoms with Crippen LogP contribution < -0.4 is 19.3 Å². The molecule has 7 nitrogen and oxygen atoms in total. The van der Waals surface area contributed by atoms with Gasteiger partial charge in [0.15, 0.2) is 0 Å². The van der Waals surface area contributed by atoms with Gasteiger partial charge in [0.2, 0.25) is 10.0 Å². The van der Waals surface area contributed by atoms with Gasteiger partial charge in [0.05, 0.1) is 19.1 Å². The quantitative estimate of drug-likeness (QED) is 0.725. The van der Waals surface area contributed by atoms with Crippen molar-refractivity contribution in [3.63, 3.8) is 0 Å². The summed E-state index contributed by atoms with van der Waals surface area (Å²) in [6.45, 7) is 2.26. The molecule has 1 aliphatic heterocycles. The van der Waals surface area contributed by atoms with E-state index in [0.29, 0.717) is 12.4 Å². The molecule has 8 heteroatoms. The molecule has 1 atom stereocenters. The Bertz CT molecular complexity index is 899. The molecule has 0 aliphatic carbocycles. The van der Waals surface area contributed by atoms with Crippen molar-refractivity contribution < 1.29 is 22.6 Å². The molecule has 0 saturated carbocycles. The third kappa shape index (κ3) is 4.76. The molecule has 28 heavy (non-hydrogen) atoms. The fraction of sp³-hybridized carbons (Fsp3) is 0.400. The molecular weight excluding hydrogens is 380 g/mol. The van der Waals surface area contributed by atoms with Gasteiger partial charge >= 0.3 is 0 Å². The highest BCUT2D eigenvalue weighted by Gasteiger charge is 2.28.